The molecule has 162 valence electrons. The highest BCUT2D eigenvalue weighted by Crippen LogP contribution is 2.35. The topological polar surface area (TPSA) is 57.1 Å². The number of cyclic esters (lactones) is 1. The fraction of sp³-hybridized carbons (Fsp3) is 0.0833. The highest BCUT2D eigenvalue weighted by molar-refractivity contribution is 14.1. The third kappa shape index (κ3) is 5.18. The van der Waals surface area contributed by atoms with Gasteiger partial charge >= 0.3 is 5.97 Å². The lowest BCUT2D eigenvalue weighted by molar-refractivity contribution is -0.129. The van der Waals surface area contributed by atoms with E-state index in [0.717, 1.165) is 8.04 Å². The zero-order valence-corrected chi connectivity index (χ0v) is 20.5. The minimum atomic E-state index is -0.527. The van der Waals surface area contributed by atoms with Gasteiger partial charge in [-0.1, -0.05) is 34.1 Å². The molecule has 0 saturated carbocycles. The first kappa shape index (κ1) is 22.5. The summed E-state index contributed by atoms with van der Waals surface area (Å²) in [6.45, 7) is 0.192. The van der Waals surface area contributed by atoms with E-state index in [1.165, 1.54) is 19.2 Å². The molecule has 4 rings (SSSR count). The molecular formula is C24H16BrFINO4. The van der Waals surface area contributed by atoms with E-state index in [9.17, 15) is 9.18 Å². The van der Waals surface area contributed by atoms with Crippen LogP contribution in [0, 0.1) is 9.39 Å². The van der Waals surface area contributed by atoms with Gasteiger partial charge in [-0.25, -0.2) is 14.2 Å². The van der Waals surface area contributed by atoms with Gasteiger partial charge in [0.25, 0.3) is 0 Å². The van der Waals surface area contributed by atoms with E-state index in [4.69, 9.17) is 14.2 Å². The molecule has 1 aliphatic heterocycles. The molecule has 0 aromatic heterocycles. The maximum absolute atomic E-state index is 13.4. The highest BCUT2D eigenvalue weighted by atomic mass is 127. The number of halogens is 3. The van der Waals surface area contributed by atoms with Crippen LogP contribution in [0.1, 0.15) is 16.7 Å². The van der Waals surface area contributed by atoms with Crippen molar-refractivity contribution in [2.45, 2.75) is 6.61 Å². The Kier molecular flexibility index (Phi) is 6.90. The molecule has 0 amide bonds. The van der Waals surface area contributed by atoms with Crippen LogP contribution in [0.2, 0.25) is 0 Å². The summed E-state index contributed by atoms with van der Waals surface area (Å²) in [5, 5.41) is 0. The lowest BCUT2D eigenvalue weighted by Crippen LogP contribution is -2.05. The zero-order chi connectivity index (χ0) is 22.7. The van der Waals surface area contributed by atoms with Gasteiger partial charge in [0.15, 0.2) is 17.2 Å². The molecule has 1 heterocycles. The molecule has 8 heteroatoms. The Hall–Kier alpha value is -2.72. The van der Waals surface area contributed by atoms with Crippen LogP contribution >= 0.6 is 38.5 Å². The van der Waals surface area contributed by atoms with Gasteiger partial charge in [0.05, 0.1) is 10.7 Å². The number of methoxy groups -OCH3 is 1. The van der Waals surface area contributed by atoms with Crippen molar-refractivity contribution in [3.05, 3.63) is 96.9 Å². The van der Waals surface area contributed by atoms with Gasteiger partial charge in [-0.3, -0.25) is 0 Å². The molecule has 32 heavy (non-hydrogen) atoms. The number of hydrogen-bond donors (Lipinski definition) is 0. The first-order valence-corrected chi connectivity index (χ1v) is 11.3. The molecule has 0 atom stereocenters. The molecule has 3 aromatic rings. The Balaban J connectivity index is 1.59. The molecule has 0 N–H and O–H groups in total. The third-order valence-corrected chi connectivity index (χ3v) is 5.81. The van der Waals surface area contributed by atoms with Crippen molar-refractivity contribution in [2.24, 2.45) is 4.99 Å². The van der Waals surface area contributed by atoms with Crippen molar-refractivity contribution in [1.82, 2.24) is 0 Å². The van der Waals surface area contributed by atoms with E-state index in [0.29, 0.717) is 28.2 Å². The van der Waals surface area contributed by atoms with Gasteiger partial charge in [-0.15, -0.1) is 0 Å². The van der Waals surface area contributed by atoms with Crippen LogP contribution in [-0.2, 0) is 16.1 Å². The molecule has 1 aliphatic rings. The first-order valence-electron chi connectivity index (χ1n) is 9.46. The van der Waals surface area contributed by atoms with Crippen molar-refractivity contribution in [3.63, 3.8) is 0 Å². The Morgan fingerprint density at radius 3 is 2.72 bits per heavy atom. The zero-order valence-electron chi connectivity index (χ0n) is 16.8. The lowest BCUT2D eigenvalue weighted by atomic mass is 10.1. The van der Waals surface area contributed by atoms with Gasteiger partial charge in [-0.2, -0.15) is 0 Å². The Bertz CT molecular complexity index is 1260. The van der Waals surface area contributed by atoms with Gasteiger partial charge in [0.1, 0.15) is 12.4 Å². The minimum absolute atomic E-state index is 0.186. The van der Waals surface area contributed by atoms with E-state index in [1.54, 1.807) is 24.3 Å². The van der Waals surface area contributed by atoms with Crippen LogP contribution < -0.4 is 9.47 Å². The normalized spacial score (nSPS) is 14.3. The quantitative estimate of drug-likeness (QED) is 0.192. The fourth-order valence-electron chi connectivity index (χ4n) is 3.06. The average molecular weight is 608 g/mol. The number of carbonyl (C=O) groups excluding carboxylic acids is 1. The number of carbonyl (C=O) groups is 1. The Morgan fingerprint density at radius 1 is 1.16 bits per heavy atom. The molecule has 0 spiro atoms. The molecular weight excluding hydrogens is 592 g/mol. The van der Waals surface area contributed by atoms with Crippen molar-refractivity contribution in [1.29, 1.82) is 0 Å². The van der Waals surface area contributed by atoms with Crippen molar-refractivity contribution >= 4 is 56.5 Å². The molecule has 0 saturated heterocycles. The van der Waals surface area contributed by atoms with Crippen LogP contribution in [0.4, 0.5) is 4.39 Å². The van der Waals surface area contributed by atoms with Crippen molar-refractivity contribution in [2.75, 3.05) is 7.11 Å². The number of ether oxygens (including phenoxy) is 3. The Labute approximate surface area is 206 Å². The number of nitrogens with zero attached hydrogens (tertiary/aromatic N) is 1. The van der Waals surface area contributed by atoms with Crippen LogP contribution in [-0.4, -0.2) is 19.0 Å². The highest BCUT2D eigenvalue weighted by Gasteiger charge is 2.24. The van der Waals surface area contributed by atoms with Crippen LogP contribution in [0.25, 0.3) is 6.08 Å². The number of esters is 1. The predicted molar refractivity (Wildman–Crippen MR) is 131 cm³/mol. The van der Waals surface area contributed by atoms with E-state index < -0.39 is 5.97 Å². The summed E-state index contributed by atoms with van der Waals surface area (Å²) < 4.78 is 31.7. The van der Waals surface area contributed by atoms with Crippen molar-refractivity contribution < 1.29 is 23.4 Å². The molecule has 0 aliphatic carbocycles. The van der Waals surface area contributed by atoms with Gasteiger partial charge < -0.3 is 14.2 Å². The van der Waals surface area contributed by atoms with E-state index >= 15 is 0 Å². The molecule has 0 fully saturated rings. The molecule has 3 aromatic carbocycles. The van der Waals surface area contributed by atoms with Crippen LogP contribution in [0.5, 0.6) is 11.5 Å². The summed E-state index contributed by atoms with van der Waals surface area (Å²) in [4.78, 5) is 16.7. The predicted octanol–water partition coefficient (Wildman–Crippen LogP) is 6.12. The third-order valence-electron chi connectivity index (χ3n) is 4.52. The van der Waals surface area contributed by atoms with Crippen LogP contribution in [0.15, 0.2) is 75.8 Å². The maximum Gasteiger partial charge on any atom is 0.363 e. The average Bonchev–Trinajstić information content (AvgIpc) is 3.13. The molecule has 0 bridgehead atoms. The van der Waals surface area contributed by atoms with E-state index in [1.807, 2.05) is 30.3 Å². The number of aliphatic imine (C=N–C) groups is 1. The van der Waals surface area contributed by atoms with E-state index in [2.05, 4.69) is 43.5 Å². The SMILES string of the molecule is COc1cc(/C=C2\N=C(c3cccc(Br)c3)OC2=O)cc(I)c1OCc1cccc(F)c1. The standard InChI is InChI=1S/C24H16BrFINO4/c1-30-21-11-15(9-19(27)22(21)31-13-14-4-2-7-18(26)8-14)10-20-24(29)32-23(28-20)16-5-3-6-17(25)12-16/h2-12H,13H2,1H3/b20-10-. The summed E-state index contributed by atoms with van der Waals surface area (Å²) >= 11 is 5.53. The molecule has 5 nitrogen and oxygen atoms in total. The second-order valence-corrected chi connectivity index (χ2v) is 8.88. The van der Waals surface area contributed by atoms with Gasteiger partial charge in [0, 0.05) is 10.0 Å². The number of rotatable bonds is 6. The smallest absolute Gasteiger partial charge is 0.363 e. The molecule has 0 unspecified atom stereocenters. The fourth-order valence-corrected chi connectivity index (χ4v) is 4.24. The molecule has 0 radical (unpaired) electrons. The van der Waals surface area contributed by atoms with Gasteiger partial charge in [-0.05, 0) is 82.3 Å². The second-order valence-electron chi connectivity index (χ2n) is 6.80. The summed E-state index contributed by atoms with van der Waals surface area (Å²) in [6.07, 6.45) is 1.63. The maximum atomic E-state index is 13.4. The largest absolute Gasteiger partial charge is 0.493 e. The minimum Gasteiger partial charge on any atom is -0.493 e. The van der Waals surface area contributed by atoms with Gasteiger partial charge in [0.2, 0.25) is 5.90 Å². The van der Waals surface area contributed by atoms with E-state index in [-0.39, 0.29) is 24.0 Å². The summed E-state index contributed by atoms with van der Waals surface area (Å²) in [7, 11) is 1.53. The van der Waals surface area contributed by atoms with Crippen LogP contribution in [0.3, 0.4) is 0 Å². The summed E-state index contributed by atoms with van der Waals surface area (Å²) in [6, 6.07) is 17.2. The second kappa shape index (κ2) is 9.83. The first-order chi connectivity index (χ1) is 15.4. The van der Waals surface area contributed by atoms with Crippen molar-refractivity contribution in [3.8, 4) is 11.5 Å². The number of hydrogen-bond acceptors (Lipinski definition) is 5. The number of benzene rings is 3. The monoisotopic (exact) mass is 607 g/mol. The lowest BCUT2D eigenvalue weighted by Gasteiger charge is -2.14. The Morgan fingerprint density at radius 2 is 1.97 bits per heavy atom. The summed E-state index contributed by atoms with van der Waals surface area (Å²) in [5.41, 5.74) is 2.29. The summed E-state index contributed by atoms with van der Waals surface area (Å²) in [5.74, 6) is 0.426.